The molecule has 0 aromatic carbocycles. The van der Waals surface area contributed by atoms with Gasteiger partial charge in [0.15, 0.2) is 0 Å². The summed E-state index contributed by atoms with van der Waals surface area (Å²) < 4.78 is 10.8. The molecule has 2 aliphatic rings. The SMILES string of the molecule is C1CNC(COCOCC2CC2)C1. The van der Waals surface area contributed by atoms with Gasteiger partial charge in [-0.1, -0.05) is 0 Å². The molecule has 3 nitrogen and oxygen atoms in total. The molecule has 0 aromatic rings. The van der Waals surface area contributed by atoms with Gasteiger partial charge in [-0.15, -0.1) is 0 Å². The van der Waals surface area contributed by atoms with E-state index in [1.807, 2.05) is 0 Å². The Bertz CT molecular complexity index is 142. The number of ether oxygens (including phenoxy) is 2. The van der Waals surface area contributed by atoms with E-state index in [-0.39, 0.29) is 0 Å². The van der Waals surface area contributed by atoms with Crippen LogP contribution in [0.25, 0.3) is 0 Å². The van der Waals surface area contributed by atoms with Gasteiger partial charge < -0.3 is 14.8 Å². The molecule has 1 saturated heterocycles. The molecule has 2 rings (SSSR count). The van der Waals surface area contributed by atoms with Crippen LogP contribution in [0.1, 0.15) is 25.7 Å². The summed E-state index contributed by atoms with van der Waals surface area (Å²) in [4.78, 5) is 0. The molecule has 1 unspecified atom stereocenters. The van der Waals surface area contributed by atoms with Gasteiger partial charge in [0.05, 0.1) is 13.2 Å². The molecule has 1 heterocycles. The first-order valence-electron chi connectivity index (χ1n) is 5.34. The Kier molecular flexibility index (Phi) is 3.58. The van der Waals surface area contributed by atoms with Crippen LogP contribution in [0.3, 0.4) is 0 Å². The Hall–Kier alpha value is -0.120. The number of hydrogen-bond donors (Lipinski definition) is 1. The second kappa shape index (κ2) is 4.94. The summed E-state index contributed by atoms with van der Waals surface area (Å²) in [6.07, 6.45) is 5.24. The Morgan fingerprint density at radius 2 is 1.92 bits per heavy atom. The summed E-state index contributed by atoms with van der Waals surface area (Å²) >= 11 is 0. The quantitative estimate of drug-likeness (QED) is 0.497. The lowest BCUT2D eigenvalue weighted by atomic mass is 10.2. The molecule has 1 aliphatic heterocycles. The predicted molar refractivity (Wildman–Crippen MR) is 50.5 cm³/mol. The standard InChI is InChI=1S/C10H19NO2/c1-2-10(11-5-1)7-13-8-12-6-9-3-4-9/h9-11H,1-8H2. The Morgan fingerprint density at radius 3 is 2.62 bits per heavy atom. The Balaban J connectivity index is 1.39. The van der Waals surface area contributed by atoms with Crippen LogP contribution in [0.4, 0.5) is 0 Å². The molecule has 0 radical (unpaired) electrons. The van der Waals surface area contributed by atoms with Crippen molar-refractivity contribution in [1.29, 1.82) is 0 Å². The van der Waals surface area contributed by atoms with Gasteiger partial charge >= 0.3 is 0 Å². The van der Waals surface area contributed by atoms with E-state index in [4.69, 9.17) is 9.47 Å². The maximum absolute atomic E-state index is 5.41. The molecule has 13 heavy (non-hydrogen) atoms. The third-order valence-electron chi connectivity index (χ3n) is 2.70. The fourth-order valence-electron chi connectivity index (χ4n) is 1.65. The first-order valence-corrected chi connectivity index (χ1v) is 5.34. The number of rotatable bonds is 6. The molecule has 0 amide bonds. The third kappa shape index (κ3) is 3.63. The lowest BCUT2D eigenvalue weighted by Crippen LogP contribution is -2.27. The van der Waals surface area contributed by atoms with Crippen molar-refractivity contribution in [3.05, 3.63) is 0 Å². The maximum Gasteiger partial charge on any atom is 0.146 e. The van der Waals surface area contributed by atoms with Crippen LogP contribution in [-0.4, -0.2) is 32.6 Å². The lowest BCUT2D eigenvalue weighted by Gasteiger charge is -2.10. The van der Waals surface area contributed by atoms with Crippen molar-refractivity contribution in [2.45, 2.75) is 31.7 Å². The highest BCUT2D eigenvalue weighted by Gasteiger charge is 2.21. The highest BCUT2D eigenvalue weighted by atomic mass is 16.7. The molecule has 1 N–H and O–H groups in total. The summed E-state index contributed by atoms with van der Waals surface area (Å²) in [6.45, 7) is 3.34. The van der Waals surface area contributed by atoms with E-state index in [1.54, 1.807) is 0 Å². The third-order valence-corrected chi connectivity index (χ3v) is 2.70. The second-order valence-electron chi connectivity index (χ2n) is 4.10. The van der Waals surface area contributed by atoms with Gasteiger partial charge in [0.2, 0.25) is 0 Å². The highest BCUT2D eigenvalue weighted by Crippen LogP contribution is 2.28. The van der Waals surface area contributed by atoms with Crippen molar-refractivity contribution in [1.82, 2.24) is 5.32 Å². The summed E-state index contributed by atoms with van der Waals surface area (Å²) in [5.41, 5.74) is 0. The van der Waals surface area contributed by atoms with Crippen LogP contribution in [0.2, 0.25) is 0 Å². The molecule has 3 heteroatoms. The van der Waals surface area contributed by atoms with Crippen molar-refractivity contribution >= 4 is 0 Å². The van der Waals surface area contributed by atoms with Crippen LogP contribution < -0.4 is 5.32 Å². The smallest absolute Gasteiger partial charge is 0.146 e. The molecule has 0 bridgehead atoms. The molecule has 2 fully saturated rings. The zero-order valence-electron chi connectivity index (χ0n) is 8.13. The molecule has 0 spiro atoms. The van der Waals surface area contributed by atoms with Gasteiger partial charge in [-0.3, -0.25) is 0 Å². The lowest BCUT2D eigenvalue weighted by molar-refractivity contribution is -0.0618. The Morgan fingerprint density at radius 1 is 1.08 bits per heavy atom. The highest BCUT2D eigenvalue weighted by molar-refractivity contribution is 4.73. The average molecular weight is 185 g/mol. The zero-order valence-corrected chi connectivity index (χ0v) is 8.13. The van der Waals surface area contributed by atoms with Gasteiger partial charge in [0.25, 0.3) is 0 Å². The summed E-state index contributed by atoms with van der Waals surface area (Å²) in [5, 5.41) is 3.39. The van der Waals surface area contributed by atoms with Crippen LogP contribution in [0.5, 0.6) is 0 Å². The first-order chi connectivity index (χ1) is 6.45. The molecule has 1 aliphatic carbocycles. The Labute approximate surface area is 79.8 Å². The largest absolute Gasteiger partial charge is 0.355 e. The van der Waals surface area contributed by atoms with Crippen molar-refractivity contribution in [3.8, 4) is 0 Å². The van der Waals surface area contributed by atoms with E-state index in [0.717, 1.165) is 25.7 Å². The van der Waals surface area contributed by atoms with Crippen molar-refractivity contribution in [2.75, 3.05) is 26.6 Å². The fourth-order valence-corrected chi connectivity index (χ4v) is 1.65. The first kappa shape index (κ1) is 9.44. The molecule has 76 valence electrons. The minimum absolute atomic E-state index is 0.481. The second-order valence-corrected chi connectivity index (χ2v) is 4.10. The normalized spacial score (nSPS) is 28.2. The summed E-state index contributed by atoms with van der Waals surface area (Å²) in [5.74, 6) is 0.841. The minimum Gasteiger partial charge on any atom is -0.355 e. The van der Waals surface area contributed by atoms with Crippen molar-refractivity contribution < 1.29 is 9.47 Å². The predicted octanol–water partition coefficient (Wildman–Crippen LogP) is 1.14. The van der Waals surface area contributed by atoms with E-state index >= 15 is 0 Å². The van der Waals surface area contributed by atoms with Crippen LogP contribution >= 0.6 is 0 Å². The van der Waals surface area contributed by atoms with Gasteiger partial charge in [-0.05, 0) is 38.1 Å². The molecular formula is C10H19NO2. The summed E-state index contributed by atoms with van der Waals surface area (Å²) in [7, 11) is 0. The van der Waals surface area contributed by atoms with Gasteiger partial charge in [0, 0.05) is 6.04 Å². The van der Waals surface area contributed by atoms with E-state index in [1.165, 1.54) is 25.7 Å². The van der Waals surface area contributed by atoms with Gasteiger partial charge in [0.1, 0.15) is 6.79 Å². The molecule has 0 aromatic heterocycles. The molecular weight excluding hydrogens is 166 g/mol. The van der Waals surface area contributed by atoms with Crippen molar-refractivity contribution in [3.63, 3.8) is 0 Å². The number of hydrogen-bond acceptors (Lipinski definition) is 3. The van der Waals surface area contributed by atoms with Crippen LogP contribution in [0, 0.1) is 5.92 Å². The molecule has 1 atom stereocenters. The van der Waals surface area contributed by atoms with Gasteiger partial charge in [-0.25, -0.2) is 0 Å². The van der Waals surface area contributed by atoms with Crippen LogP contribution in [-0.2, 0) is 9.47 Å². The van der Waals surface area contributed by atoms with Crippen LogP contribution in [0.15, 0.2) is 0 Å². The maximum atomic E-state index is 5.41. The van der Waals surface area contributed by atoms with E-state index in [2.05, 4.69) is 5.32 Å². The zero-order chi connectivity index (χ0) is 8.93. The number of nitrogens with one attached hydrogen (secondary N) is 1. The minimum atomic E-state index is 0.481. The van der Waals surface area contributed by atoms with E-state index in [9.17, 15) is 0 Å². The fraction of sp³-hybridized carbons (Fsp3) is 1.00. The monoisotopic (exact) mass is 185 g/mol. The van der Waals surface area contributed by atoms with Crippen molar-refractivity contribution in [2.24, 2.45) is 5.92 Å². The van der Waals surface area contributed by atoms with E-state index in [0.29, 0.717) is 12.8 Å². The average Bonchev–Trinajstić information content (AvgIpc) is 2.81. The summed E-state index contributed by atoms with van der Waals surface area (Å²) in [6, 6.07) is 0.574. The van der Waals surface area contributed by atoms with Gasteiger partial charge in [-0.2, -0.15) is 0 Å². The topological polar surface area (TPSA) is 30.5 Å². The van der Waals surface area contributed by atoms with E-state index < -0.39 is 0 Å². The molecule has 1 saturated carbocycles.